The van der Waals surface area contributed by atoms with Crippen LogP contribution in [-0.2, 0) is 7.05 Å². The number of ketones is 1. The van der Waals surface area contributed by atoms with Gasteiger partial charge in [0.1, 0.15) is 0 Å². The first-order valence-electron chi connectivity index (χ1n) is 6.65. The van der Waals surface area contributed by atoms with Crippen LogP contribution < -0.4 is 0 Å². The molecule has 0 saturated carbocycles. The van der Waals surface area contributed by atoms with E-state index in [0.29, 0.717) is 22.2 Å². The zero-order valence-corrected chi connectivity index (χ0v) is 12.4. The second-order valence-electron chi connectivity index (χ2n) is 4.99. The smallest absolute Gasteiger partial charge is 0.343 e. The van der Waals surface area contributed by atoms with Gasteiger partial charge in [-0.3, -0.25) is 4.79 Å². The van der Waals surface area contributed by atoms with Crippen molar-refractivity contribution >= 4 is 28.3 Å². The lowest BCUT2D eigenvalue weighted by molar-refractivity contribution is 0.0538. The van der Waals surface area contributed by atoms with Crippen LogP contribution in [0.5, 0.6) is 0 Å². The number of para-hydroxylation sites is 1. The number of alkyl halides is 3. The van der Waals surface area contributed by atoms with Crippen LogP contribution in [0.15, 0.2) is 54.6 Å². The van der Waals surface area contributed by atoms with Gasteiger partial charge >= 0.3 is 5.38 Å². The van der Waals surface area contributed by atoms with Crippen molar-refractivity contribution in [3.63, 3.8) is 0 Å². The first-order chi connectivity index (χ1) is 10.4. The minimum atomic E-state index is -3.94. The number of fused-ring (bicyclic) bond motifs is 1. The van der Waals surface area contributed by atoms with Gasteiger partial charge in [-0.2, -0.15) is 8.78 Å². The Balaban J connectivity index is 2.41. The van der Waals surface area contributed by atoms with E-state index in [-0.39, 0.29) is 5.56 Å². The Kier molecular flexibility index (Phi) is 3.49. The van der Waals surface area contributed by atoms with Crippen LogP contribution in [0.25, 0.3) is 22.2 Å². The van der Waals surface area contributed by atoms with Crippen LogP contribution in [0, 0.1) is 0 Å². The van der Waals surface area contributed by atoms with Gasteiger partial charge < -0.3 is 4.57 Å². The Morgan fingerprint density at radius 2 is 1.64 bits per heavy atom. The monoisotopic (exact) mass is 319 g/mol. The maximum atomic E-state index is 13.4. The summed E-state index contributed by atoms with van der Waals surface area (Å²) >= 11 is 5.00. The van der Waals surface area contributed by atoms with Crippen molar-refractivity contribution in [2.24, 2.45) is 7.05 Å². The molecule has 0 aliphatic heterocycles. The number of carbonyl (C=O) groups excluding carboxylic acids is 1. The fourth-order valence-corrected chi connectivity index (χ4v) is 2.79. The Labute approximate surface area is 130 Å². The van der Waals surface area contributed by atoms with Crippen LogP contribution in [0.2, 0.25) is 0 Å². The number of halogens is 3. The SMILES string of the molecule is Cn1c(-c2ccccc2)c(C(=O)C(F)(F)Cl)c2ccccc21. The Hall–Kier alpha value is -2.20. The minimum absolute atomic E-state index is 0.0516. The molecule has 0 aliphatic carbocycles. The molecular weight excluding hydrogens is 308 g/mol. The van der Waals surface area contributed by atoms with Gasteiger partial charge in [-0.15, -0.1) is 0 Å². The number of carbonyl (C=O) groups is 1. The van der Waals surface area contributed by atoms with Gasteiger partial charge in [0.05, 0.1) is 11.3 Å². The number of nitrogens with zero attached hydrogens (tertiary/aromatic N) is 1. The van der Waals surface area contributed by atoms with E-state index in [1.54, 1.807) is 60.1 Å². The maximum Gasteiger partial charge on any atom is 0.385 e. The van der Waals surface area contributed by atoms with E-state index < -0.39 is 11.2 Å². The van der Waals surface area contributed by atoms with Gasteiger partial charge in [0, 0.05) is 18.0 Å². The summed E-state index contributed by atoms with van der Waals surface area (Å²) in [5.74, 6) is -1.38. The van der Waals surface area contributed by atoms with E-state index >= 15 is 0 Å². The number of aryl methyl sites for hydroxylation is 1. The average molecular weight is 320 g/mol. The van der Waals surface area contributed by atoms with Crippen LogP contribution >= 0.6 is 11.6 Å². The molecule has 2 aromatic carbocycles. The Morgan fingerprint density at radius 1 is 1.05 bits per heavy atom. The quantitative estimate of drug-likeness (QED) is 0.499. The number of Topliss-reactive ketones (excluding diaryl/α,β-unsaturated/α-hetero) is 1. The third-order valence-electron chi connectivity index (χ3n) is 3.64. The number of hydrogen-bond acceptors (Lipinski definition) is 1. The number of aromatic nitrogens is 1. The predicted octanol–water partition coefficient (Wildman–Crippen LogP) is 4.86. The van der Waals surface area contributed by atoms with Crippen LogP contribution in [0.4, 0.5) is 8.78 Å². The fraction of sp³-hybridized carbons (Fsp3) is 0.118. The van der Waals surface area contributed by atoms with E-state index in [1.165, 1.54) is 0 Å². The lowest BCUT2D eigenvalue weighted by Gasteiger charge is -2.10. The van der Waals surface area contributed by atoms with Crippen molar-refractivity contribution in [2.45, 2.75) is 5.38 Å². The van der Waals surface area contributed by atoms with E-state index in [9.17, 15) is 13.6 Å². The molecule has 22 heavy (non-hydrogen) atoms. The van der Waals surface area contributed by atoms with Crippen molar-refractivity contribution in [2.75, 3.05) is 0 Å². The summed E-state index contributed by atoms with van der Waals surface area (Å²) < 4.78 is 28.6. The number of hydrogen-bond donors (Lipinski definition) is 0. The molecule has 3 aromatic rings. The summed E-state index contributed by atoms with van der Waals surface area (Å²) in [6.07, 6.45) is 0. The topological polar surface area (TPSA) is 22.0 Å². The third kappa shape index (κ3) is 2.29. The van der Waals surface area contributed by atoms with Crippen molar-refractivity contribution < 1.29 is 13.6 Å². The molecular formula is C17H12ClF2NO. The zero-order chi connectivity index (χ0) is 15.9. The van der Waals surface area contributed by atoms with Gasteiger partial charge in [0.25, 0.3) is 5.78 Å². The van der Waals surface area contributed by atoms with Gasteiger partial charge in [-0.1, -0.05) is 48.5 Å². The lowest BCUT2D eigenvalue weighted by atomic mass is 10.0. The van der Waals surface area contributed by atoms with Gasteiger partial charge in [-0.05, 0) is 23.2 Å². The van der Waals surface area contributed by atoms with Gasteiger partial charge in [0.2, 0.25) is 0 Å². The number of benzene rings is 2. The molecule has 112 valence electrons. The Bertz CT molecular complexity index is 850. The molecule has 0 aliphatic rings. The molecule has 0 unspecified atom stereocenters. The highest BCUT2D eigenvalue weighted by atomic mass is 35.5. The molecule has 0 N–H and O–H groups in total. The number of rotatable bonds is 3. The van der Waals surface area contributed by atoms with Crippen molar-refractivity contribution in [1.82, 2.24) is 4.57 Å². The van der Waals surface area contributed by atoms with Crippen molar-refractivity contribution in [3.05, 3.63) is 60.2 Å². The summed E-state index contributed by atoms with van der Waals surface area (Å²) in [6.45, 7) is 0. The minimum Gasteiger partial charge on any atom is -0.343 e. The van der Waals surface area contributed by atoms with E-state index in [2.05, 4.69) is 0 Å². The summed E-state index contributed by atoms with van der Waals surface area (Å²) in [7, 11) is 1.74. The zero-order valence-electron chi connectivity index (χ0n) is 11.7. The molecule has 0 amide bonds. The maximum absolute atomic E-state index is 13.4. The highest BCUT2D eigenvalue weighted by molar-refractivity contribution is 6.37. The van der Waals surface area contributed by atoms with Crippen molar-refractivity contribution in [3.8, 4) is 11.3 Å². The third-order valence-corrected chi connectivity index (χ3v) is 3.81. The van der Waals surface area contributed by atoms with Crippen molar-refractivity contribution in [1.29, 1.82) is 0 Å². The molecule has 2 nitrogen and oxygen atoms in total. The molecule has 1 heterocycles. The molecule has 0 bridgehead atoms. The summed E-state index contributed by atoms with van der Waals surface area (Å²) in [5, 5.41) is -3.47. The van der Waals surface area contributed by atoms with E-state index in [0.717, 1.165) is 0 Å². The first-order valence-corrected chi connectivity index (χ1v) is 7.03. The standard InChI is InChI=1S/C17H12ClF2NO/c1-21-13-10-6-5-9-12(13)14(16(22)17(18,19)20)15(21)11-7-3-2-4-8-11/h2-10H,1H3. The molecule has 0 atom stereocenters. The average Bonchev–Trinajstić information content (AvgIpc) is 2.80. The summed E-state index contributed by atoms with van der Waals surface area (Å²) in [6, 6.07) is 15.9. The molecule has 3 rings (SSSR count). The van der Waals surface area contributed by atoms with Gasteiger partial charge in [-0.25, -0.2) is 0 Å². The summed E-state index contributed by atoms with van der Waals surface area (Å²) in [5.41, 5.74) is 1.77. The van der Waals surface area contributed by atoms with E-state index in [1.807, 2.05) is 6.07 Å². The molecule has 0 radical (unpaired) electrons. The highest BCUT2D eigenvalue weighted by Gasteiger charge is 2.40. The predicted molar refractivity (Wildman–Crippen MR) is 83.5 cm³/mol. The molecule has 1 aromatic heterocycles. The lowest BCUT2D eigenvalue weighted by Crippen LogP contribution is -2.22. The Morgan fingerprint density at radius 3 is 2.27 bits per heavy atom. The molecule has 0 fully saturated rings. The first kappa shape index (κ1) is 14.7. The van der Waals surface area contributed by atoms with Gasteiger partial charge in [0.15, 0.2) is 0 Å². The highest BCUT2D eigenvalue weighted by Crippen LogP contribution is 2.37. The largest absolute Gasteiger partial charge is 0.385 e. The molecule has 0 saturated heterocycles. The van der Waals surface area contributed by atoms with Crippen LogP contribution in [0.3, 0.4) is 0 Å². The molecule has 5 heteroatoms. The normalized spacial score (nSPS) is 11.8. The van der Waals surface area contributed by atoms with E-state index in [4.69, 9.17) is 11.6 Å². The van der Waals surface area contributed by atoms with Crippen LogP contribution in [-0.4, -0.2) is 15.7 Å². The second kappa shape index (κ2) is 5.21. The fourth-order valence-electron chi connectivity index (χ4n) is 2.70. The second-order valence-corrected chi connectivity index (χ2v) is 5.47. The van der Waals surface area contributed by atoms with Crippen LogP contribution in [0.1, 0.15) is 10.4 Å². The molecule has 0 spiro atoms. The summed E-state index contributed by atoms with van der Waals surface area (Å²) in [4.78, 5) is 12.2.